The third-order valence-corrected chi connectivity index (χ3v) is 1.74. The molecule has 0 aromatic heterocycles. The van der Waals surface area contributed by atoms with E-state index in [0.717, 1.165) is 5.33 Å². The quantitative estimate of drug-likeness (QED) is 0.608. The third-order valence-electron chi connectivity index (χ3n) is 1.09. The van der Waals surface area contributed by atoms with Crippen molar-refractivity contribution in [1.82, 2.24) is 0 Å². The smallest absolute Gasteiger partial charge is 0.261 e. The Kier molecular flexibility index (Phi) is 5.75. The van der Waals surface area contributed by atoms with Gasteiger partial charge in [-0.15, -0.1) is 0 Å². The van der Waals surface area contributed by atoms with Crippen molar-refractivity contribution in [2.45, 2.75) is 5.33 Å². The van der Waals surface area contributed by atoms with Crippen LogP contribution in [0.25, 0.3) is 0 Å². The molecule has 1 rings (SSSR count). The van der Waals surface area contributed by atoms with Crippen LogP contribution in [0.4, 0.5) is 0 Å². The molecule has 1 aromatic rings. The fraction of sp³-hybridized carbons (Fsp3) is 0.250. The first-order valence-electron chi connectivity index (χ1n) is 3.59. The third kappa shape index (κ3) is 9.50. The second-order valence-electron chi connectivity index (χ2n) is 2.53. The number of phenols is 1. The van der Waals surface area contributed by atoms with Crippen LogP contribution in [0.15, 0.2) is 24.3 Å². The van der Waals surface area contributed by atoms with E-state index in [9.17, 15) is 8.42 Å². The molecule has 0 aliphatic heterocycles. The van der Waals surface area contributed by atoms with Gasteiger partial charge in [0, 0.05) is 5.33 Å². The van der Waals surface area contributed by atoms with E-state index in [1.165, 1.54) is 5.56 Å². The van der Waals surface area contributed by atoms with Gasteiger partial charge < -0.3 is 5.11 Å². The van der Waals surface area contributed by atoms with Crippen molar-refractivity contribution in [2.75, 3.05) is 6.26 Å². The van der Waals surface area contributed by atoms with E-state index >= 15 is 0 Å². The molecule has 14 heavy (non-hydrogen) atoms. The average Bonchev–Trinajstić information content (AvgIpc) is 2.03. The molecule has 0 heterocycles. The summed E-state index contributed by atoms with van der Waals surface area (Å²) in [5, 5.41) is 9.68. The maximum atomic E-state index is 9.19. The molecule has 0 amide bonds. The zero-order valence-electron chi connectivity index (χ0n) is 7.51. The molecule has 0 radical (unpaired) electrons. The van der Waals surface area contributed by atoms with Gasteiger partial charge >= 0.3 is 0 Å². The highest BCUT2D eigenvalue weighted by Gasteiger charge is 1.87. The molecule has 0 unspecified atom stereocenters. The van der Waals surface area contributed by atoms with Gasteiger partial charge in [0.25, 0.3) is 10.1 Å². The van der Waals surface area contributed by atoms with Crippen molar-refractivity contribution >= 4 is 26.0 Å². The van der Waals surface area contributed by atoms with Gasteiger partial charge in [-0.25, -0.2) is 0 Å². The summed E-state index contributed by atoms with van der Waals surface area (Å²) in [6.45, 7) is 0. The van der Waals surface area contributed by atoms with Crippen LogP contribution < -0.4 is 0 Å². The molecule has 0 spiro atoms. The molecule has 6 heteroatoms. The first-order chi connectivity index (χ1) is 6.33. The Hall–Kier alpha value is -0.590. The van der Waals surface area contributed by atoms with Crippen molar-refractivity contribution in [1.29, 1.82) is 0 Å². The molecular formula is C8H11BrO4S. The van der Waals surface area contributed by atoms with Crippen LogP contribution in [0, 0.1) is 0 Å². The number of hydrogen-bond acceptors (Lipinski definition) is 3. The lowest BCUT2D eigenvalue weighted by molar-refractivity contribution is 0.475. The molecule has 0 saturated carbocycles. The number of aromatic hydroxyl groups is 1. The highest BCUT2D eigenvalue weighted by molar-refractivity contribution is 9.08. The number of benzene rings is 1. The maximum absolute atomic E-state index is 9.19. The zero-order valence-corrected chi connectivity index (χ0v) is 9.92. The minimum absolute atomic E-state index is 0.319. The number of rotatable bonds is 1. The second kappa shape index (κ2) is 6.00. The zero-order chi connectivity index (χ0) is 11.2. The average molecular weight is 283 g/mol. The van der Waals surface area contributed by atoms with Crippen LogP contribution in [0.1, 0.15) is 5.56 Å². The minimum atomic E-state index is -3.67. The molecule has 0 aliphatic carbocycles. The van der Waals surface area contributed by atoms with Crippen LogP contribution in [0.5, 0.6) is 5.75 Å². The van der Waals surface area contributed by atoms with Crippen LogP contribution in [0.2, 0.25) is 0 Å². The van der Waals surface area contributed by atoms with Gasteiger partial charge in [0.05, 0.1) is 6.26 Å². The lowest BCUT2D eigenvalue weighted by Gasteiger charge is -1.92. The van der Waals surface area contributed by atoms with Gasteiger partial charge in [-0.05, 0) is 17.7 Å². The normalized spacial score (nSPS) is 10.2. The van der Waals surface area contributed by atoms with Gasteiger partial charge in [-0.2, -0.15) is 8.42 Å². The van der Waals surface area contributed by atoms with Gasteiger partial charge in [-0.3, -0.25) is 4.55 Å². The predicted octanol–water partition coefficient (Wildman–Crippen LogP) is 1.79. The molecule has 2 N–H and O–H groups in total. The predicted molar refractivity (Wildman–Crippen MR) is 58.2 cm³/mol. The molecule has 4 nitrogen and oxygen atoms in total. The van der Waals surface area contributed by atoms with E-state index in [1.54, 1.807) is 12.1 Å². The molecule has 0 aliphatic rings. The first-order valence-corrected chi connectivity index (χ1v) is 6.56. The molecule has 0 fully saturated rings. The molecular weight excluding hydrogens is 272 g/mol. The Morgan fingerprint density at radius 3 is 1.93 bits per heavy atom. The Morgan fingerprint density at radius 2 is 1.64 bits per heavy atom. The summed E-state index contributed by atoms with van der Waals surface area (Å²) in [7, 11) is -3.67. The highest BCUT2D eigenvalue weighted by Crippen LogP contribution is 2.11. The SMILES string of the molecule is CS(=O)(=O)O.Oc1ccc(CBr)cc1. The minimum Gasteiger partial charge on any atom is -0.508 e. The molecule has 0 bridgehead atoms. The summed E-state index contributed by atoms with van der Waals surface area (Å²) in [5.41, 5.74) is 1.17. The number of alkyl halides is 1. The van der Waals surface area contributed by atoms with Crippen molar-refractivity contribution in [3.05, 3.63) is 29.8 Å². The summed E-state index contributed by atoms with van der Waals surface area (Å²) in [6, 6.07) is 7.11. The van der Waals surface area contributed by atoms with Crippen molar-refractivity contribution in [3.63, 3.8) is 0 Å². The van der Waals surface area contributed by atoms with Crippen molar-refractivity contribution in [3.8, 4) is 5.75 Å². The Bertz CT molecular complexity index is 349. The van der Waals surface area contributed by atoms with E-state index in [1.807, 2.05) is 12.1 Å². The number of hydrogen-bond donors (Lipinski definition) is 2. The van der Waals surface area contributed by atoms with E-state index < -0.39 is 10.1 Å². The lowest BCUT2D eigenvalue weighted by atomic mass is 10.2. The van der Waals surface area contributed by atoms with Gasteiger partial charge in [0.1, 0.15) is 5.75 Å². The number of phenolic OH excluding ortho intramolecular Hbond substituents is 1. The molecule has 0 atom stereocenters. The number of halogens is 1. The largest absolute Gasteiger partial charge is 0.508 e. The lowest BCUT2D eigenvalue weighted by Crippen LogP contribution is -1.88. The fourth-order valence-electron chi connectivity index (χ4n) is 0.585. The first kappa shape index (κ1) is 13.4. The van der Waals surface area contributed by atoms with E-state index in [4.69, 9.17) is 9.66 Å². The summed E-state index contributed by atoms with van der Waals surface area (Å²) in [5.74, 6) is 0.319. The molecule has 80 valence electrons. The maximum Gasteiger partial charge on any atom is 0.261 e. The van der Waals surface area contributed by atoms with Crippen LogP contribution in [-0.2, 0) is 15.4 Å². The van der Waals surface area contributed by atoms with Crippen molar-refractivity contribution in [2.24, 2.45) is 0 Å². The summed E-state index contributed by atoms with van der Waals surface area (Å²) >= 11 is 3.30. The summed E-state index contributed by atoms with van der Waals surface area (Å²) in [6.07, 6.45) is 0.715. The van der Waals surface area contributed by atoms with Crippen molar-refractivity contribution < 1.29 is 18.1 Å². The van der Waals surface area contributed by atoms with Crippen LogP contribution in [0.3, 0.4) is 0 Å². The van der Waals surface area contributed by atoms with E-state index in [0.29, 0.717) is 12.0 Å². The standard InChI is InChI=1S/C7H7BrO.CH4O3S/c8-5-6-1-3-7(9)4-2-6;1-5(2,3)4/h1-4,9H,5H2;1H3,(H,2,3,4). The summed E-state index contributed by atoms with van der Waals surface area (Å²) < 4.78 is 25.9. The Balaban J connectivity index is 0.000000292. The Morgan fingerprint density at radius 1 is 1.29 bits per heavy atom. The monoisotopic (exact) mass is 282 g/mol. The van der Waals surface area contributed by atoms with Crippen LogP contribution in [-0.4, -0.2) is 24.3 Å². The van der Waals surface area contributed by atoms with E-state index in [2.05, 4.69) is 15.9 Å². The Labute approximate surface area is 91.5 Å². The highest BCUT2D eigenvalue weighted by atomic mass is 79.9. The van der Waals surface area contributed by atoms with Crippen LogP contribution >= 0.6 is 15.9 Å². The fourth-order valence-corrected chi connectivity index (χ4v) is 0.959. The van der Waals surface area contributed by atoms with E-state index in [-0.39, 0.29) is 0 Å². The molecule has 0 saturated heterocycles. The van der Waals surface area contributed by atoms with Gasteiger partial charge in [-0.1, -0.05) is 28.1 Å². The molecule has 1 aromatic carbocycles. The second-order valence-corrected chi connectivity index (χ2v) is 4.56. The topological polar surface area (TPSA) is 74.6 Å². The van der Waals surface area contributed by atoms with Gasteiger partial charge in [0.15, 0.2) is 0 Å². The summed E-state index contributed by atoms with van der Waals surface area (Å²) in [4.78, 5) is 0. The van der Waals surface area contributed by atoms with Gasteiger partial charge in [0.2, 0.25) is 0 Å².